The third-order valence-electron chi connectivity index (χ3n) is 4.90. The van der Waals surface area contributed by atoms with Gasteiger partial charge in [-0.1, -0.05) is 6.92 Å². The first-order chi connectivity index (χ1) is 10.7. The monoisotopic (exact) mass is 343 g/mol. The highest BCUT2D eigenvalue weighted by Gasteiger charge is 2.42. The third kappa shape index (κ3) is 5.08. The van der Waals surface area contributed by atoms with Crippen LogP contribution in [0.4, 0.5) is 0 Å². The molecule has 0 aromatic carbocycles. The fourth-order valence-corrected chi connectivity index (χ4v) is 5.09. The minimum Gasteiger partial charge on any atom is -0.390 e. The molecule has 2 rings (SSSR count). The van der Waals surface area contributed by atoms with Crippen molar-refractivity contribution >= 4 is 17.7 Å². The Labute approximate surface area is 144 Å². The lowest BCUT2D eigenvalue weighted by atomic mass is 9.89. The van der Waals surface area contributed by atoms with Crippen LogP contribution in [0.1, 0.15) is 47.0 Å². The van der Waals surface area contributed by atoms with Crippen LogP contribution in [-0.4, -0.2) is 63.7 Å². The average Bonchev–Trinajstić information content (AvgIpc) is 2.90. The molecule has 0 aromatic heterocycles. The fourth-order valence-electron chi connectivity index (χ4n) is 3.53. The van der Waals surface area contributed by atoms with E-state index in [4.69, 9.17) is 5.73 Å². The molecular formula is C17H33N3O2S. The van der Waals surface area contributed by atoms with E-state index >= 15 is 0 Å². The lowest BCUT2D eigenvalue weighted by Gasteiger charge is -2.42. The molecule has 2 saturated heterocycles. The van der Waals surface area contributed by atoms with E-state index < -0.39 is 6.10 Å². The Morgan fingerprint density at radius 2 is 2.17 bits per heavy atom. The van der Waals surface area contributed by atoms with Gasteiger partial charge in [-0.15, -0.1) is 0 Å². The topological polar surface area (TPSA) is 78.6 Å². The number of hydrogen-bond donors (Lipinski definition) is 3. The molecule has 0 radical (unpaired) electrons. The number of amides is 1. The zero-order chi connectivity index (χ0) is 17.2. The number of nitrogens with one attached hydrogen (secondary N) is 1. The zero-order valence-electron chi connectivity index (χ0n) is 14.9. The Morgan fingerprint density at radius 1 is 1.48 bits per heavy atom. The summed E-state index contributed by atoms with van der Waals surface area (Å²) in [4.78, 5) is 14.9. The van der Waals surface area contributed by atoms with Crippen molar-refractivity contribution in [3.63, 3.8) is 0 Å². The Morgan fingerprint density at radius 3 is 2.78 bits per heavy atom. The van der Waals surface area contributed by atoms with Gasteiger partial charge in [0.15, 0.2) is 0 Å². The number of rotatable bonds is 5. The van der Waals surface area contributed by atoms with Gasteiger partial charge in [-0.2, -0.15) is 11.8 Å². The van der Waals surface area contributed by atoms with Crippen LogP contribution in [0.5, 0.6) is 0 Å². The molecule has 5 nitrogen and oxygen atoms in total. The molecule has 0 saturated carbocycles. The van der Waals surface area contributed by atoms with E-state index in [2.05, 4.69) is 10.2 Å². The van der Waals surface area contributed by atoms with Crippen molar-refractivity contribution in [2.24, 2.45) is 11.7 Å². The molecule has 1 amide bonds. The molecule has 0 spiro atoms. The van der Waals surface area contributed by atoms with Crippen LogP contribution < -0.4 is 11.1 Å². The third-order valence-corrected chi connectivity index (χ3v) is 6.38. The molecular weight excluding hydrogens is 310 g/mol. The molecule has 134 valence electrons. The van der Waals surface area contributed by atoms with Crippen molar-refractivity contribution < 1.29 is 9.90 Å². The van der Waals surface area contributed by atoms with Gasteiger partial charge in [0.2, 0.25) is 5.91 Å². The average molecular weight is 344 g/mol. The Kier molecular flexibility index (Phi) is 6.39. The van der Waals surface area contributed by atoms with Crippen molar-refractivity contribution in [1.82, 2.24) is 10.2 Å². The predicted molar refractivity (Wildman–Crippen MR) is 96.5 cm³/mol. The summed E-state index contributed by atoms with van der Waals surface area (Å²) >= 11 is 2.00. The Balaban J connectivity index is 2.08. The number of hydrogen-bond acceptors (Lipinski definition) is 5. The molecule has 2 aliphatic heterocycles. The summed E-state index contributed by atoms with van der Waals surface area (Å²) < 4.78 is 0. The van der Waals surface area contributed by atoms with Crippen LogP contribution in [0.25, 0.3) is 0 Å². The number of nitrogens with zero attached hydrogens (tertiary/aromatic N) is 1. The molecule has 2 heterocycles. The van der Waals surface area contributed by atoms with Crippen LogP contribution in [0.2, 0.25) is 0 Å². The maximum absolute atomic E-state index is 12.8. The van der Waals surface area contributed by atoms with Crippen molar-refractivity contribution in [2.75, 3.05) is 18.8 Å². The summed E-state index contributed by atoms with van der Waals surface area (Å²) in [6.45, 7) is 9.39. The molecule has 5 atom stereocenters. The SMILES string of the molecule is CCC(N)C(O)CN1CC2CCSC2C[C@H]1C(=O)NC(C)(C)C. The van der Waals surface area contributed by atoms with E-state index in [0.717, 1.165) is 19.4 Å². The van der Waals surface area contributed by atoms with Crippen molar-refractivity contribution in [3.8, 4) is 0 Å². The quantitative estimate of drug-likeness (QED) is 0.699. The number of β-amino-alcohol motifs (C(OH)–C–C–N with tert-alkyl or cyclic N) is 1. The van der Waals surface area contributed by atoms with Crippen molar-refractivity contribution in [2.45, 2.75) is 75.9 Å². The molecule has 0 aliphatic carbocycles. The minimum absolute atomic E-state index is 0.0840. The molecule has 0 aromatic rings. The number of aliphatic hydroxyl groups excluding tert-OH is 1. The number of nitrogens with two attached hydrogens (primary N) is 1. The van der Waals surface area contributed by atoms with E-state index in [-0.39, 0.29) is 23.5 Å². The molecule has 23 heavy (non-hydrogen) atoms. The Bertz CT molecular complexity index is 413. The van der Waals surface area contributed by atoms with E-state index in [9.17, 15) is 9.90 Å². The highest BCUT2D eigenvalue weighted by atomic mass is 32.2. The van der Waals surface area contributed by atoms with Gasteiger partial charge in [0.05, 0.1) is 12.1 Å². The second kappa shape index (κ2) is 7.72. The summed E-state index contributed by atoms with van der Waals surface area (Å²) in [5, 5.41) is 14.0. The van der Waals surface area contributed by atoms with Crippen LogP contribution in [0.15, 0.2) is 0 Å². The second-order valence-corrected chi connectivity index (χ2v) is 9.39. The van der Waals surface area contributed by atoms with Gasteiger partial charge in [0.25, 0.3) is 0 Å². The first kappa shape index (κ1) is 19.0. The zero-order valence-corrected chi connectivity index (χ0v) is 15.7. The van der Waals surface area contributed by atoms with E-state index in [1.165, 1.54) is 12.2 Å². The van der Waals surface area contributed by atoms with Crippen LogP contribution in [-0.2, 0) is 4.79 Å². The largest absolute Gasteiger partial charge is 0.390 e. The highest BCUT2D eigenvalue weighted by Crippen LogP contribution is 2.40. The molecule has 6 heteroatoms. The number of likely N-dealkylation sites (tertiary alicyclic amines) is 1. The molecule has 2 aliphatic rings. The first-order valence-corrected chi connectivity index (χ1v) is 9.87. The van der Waals surface area contributed by atoms with Gasteiger partial charge < -0.3 is 16.2 Å². The van der Waals surface area contributed by atoms with E-state index in [1.807, 2.05) is 39.5 Å². The lowest BCUT2D eigenvalue weighted by Crippen LogP contribution is -2.59. The fraction of sp³-hybridized carbons (Fsp3) is 0.941. The summed E-state index contributed by atoms with van der Waals surface area (Å²) in [5.41, 5.74) is 5.75. The summed E-state index contributed by atoms with van der Waals surface area (Å²) in [5.74, 6) is 1.91. The highest BCUT2D eigenvalue weighted by molar-refractivity contribution is 8.00. The normalized spacial score (nSPS) is 31.5. The summed E-state index contributed by atoms with van der Waals surface area (Å²) in [6, 6.07) is -0.378. The van der Waals surface area contributed by atoms with Gasteiger partial charge in [-0.25, -0.2) is 0 Å². The number of piperidine rings is 1. The van der Waals surface area contributed by atoms with Gasteiger partial charge in [-0.3, -0.25) is 9.69 Å². The van der Waals surface area contributed by atoms with Crippen LogP contribution in [0.3, 0.4) is 0 Å². The maximum atomic E-state index is 12.8. The van der Waals surface area contributed by atoms with Crippen LogP contribution in [0, 0.1) is 5.92 Å². The van der Waals surface area contributed by atoms with Gasteiger partial charge in [0, 0.05) is 29.9 Å². The predicted octanol–water partition coefficient (Wildman–Crippen LogP) is 1.20. The summed E-state index contributed by atoms with van der Waals surface area (Å²) in [7, 11) is 0. The second-order valence-electron chi connectivity index (χ2n) is 8.04. The first-order valence-electron chi connectivity index (χ1n) is 8.82. The van der Waals surface area contributed by atoms with Gasteiger partial charge >= 0.3 is 0 Å². The number of carbonyl (C=O) groups is 1. The summed E-state index contributed by atoms with van der Waals surface area (Å²) in [6.07, 6.45) is 2.27. The molecule has 4 N–H and O–H groups in total. The van der Waals surface area contributed by atoms with Crippen molar-refractivity contribution in [3.05, 3.63) is 0 Å². The Hall–Kier alpha value is -0.300. The number of thioether (sulfide) groups is 1. The number of fused-ring (bicyclic) bond motifs is 1. The van der Waals surface area contributed by atoms with Gasteiger partial charge in [0.1, 0.15) is 0 Å². The lowest BCUT2D eigenvalue weighted by molar-refractivity contribution is -0.130. The number of aliphatic hydroxyl groups is 1. The standard InChI is InChI=1S/C17H33N3O2S/c1-5-12(18)14(21)10-20-9-11-6-7-23-15(11)8-13(20)16(22)19-17(2,3)4/h11-15,21H,5-10,18H2,1-4H3,(H,19,22)/t11?,12?,13-,14?,15?/m0/s1. The van der Waals surface area contributed by atoms with Crippen molar-refractivity contribution in [1.29, 1.82) is 0 Å². The molecule has 2 fully saturated rings. The maximum Gasteiger partial charge on any atom is 0.237 e. The smallest absolute Gasteiger partial charge is 0.237 e. The van der Waals surface area contributed by atoms with E-state index in [1.54, 1.807) is 0 Å². The van der Waals surface area contributed by atoms with Crippen LogP contribution >= 0.6 is 11.8 Å². The number of carbonyl (C=O) groups excluding carboxylic acids is 1. The van der Waals surface area contributed by atoms with E-state index in [0.29, 0.717) is 17.7 Å². The molecule has 4 unspecified atom stereocenters. The minimum atomic E-state index is -0.574. The van der Waals surface area contributed by atoms with Gasteiger partial charge in [-0.05, 0) is 51.7 Å². The molecule has 0 bridgehead atoms.